The van der Waals surface area contributed by atoms with Gasteiger partial charge in [-0.3, -0.25) is 4.79 Å². The van der Waals surface area contributed by atoms with Gasteiger partial charge in [0.15, 0.2) is 11.5 Å². The molecule has 0 unspecified atom stereocenters. The van der Waals surface area contributed by atoms with E-state index in [4.69, 9.17) is 18.9 Å². The lowest BCUT2D eigenvalue weighted by atomic mass is 9.81. The van der Waals surface area contributed by atoms with Crippen LogP contribution in [0.25, 0.3) is 0 Å². The van der Waals surface area contributed by atoms with Crippen molar-refractivity contribution in [1.29, 1.82) is 0 Å². The molecule has 1 saturated heterocycles. The Labute approximate surface area is 198 Å². The minimum Gasteiger partial charge on any atom is -0.507 e. The molecule has 4 atom stereocenters. The normalized spacial score (nSPS) is 21.9. The molecular weight excluding hydrogens is 444 g/mol. The van der Waals surface area contributed by atoms with Crippen molar-refractivity contribution in [2.75, 3.05) is 20.8 Å². The molecule has 0 aromatic heterocycles. The maximum absolute atomic E-state index is 11.6. The van der Waals surface area contributed by atoms with Crippen molar-refractivity contribution in [3.63, 3.8) is 0 Å². The first-order valence-electron chi connectivity index (χ1n) is 11.1. The summed E-state index contributed by atoms with van der Waals surface area (Å²) in [5.74, 6) is -0.607. The van der Waals surface area contributed by atoms with Gasteiger partial charge in [-0.25, -0.2) is 0 Å². The lowest BCUT2D eigenvalue weighted by Gasteiger charge is -2.24. The van der Waals surface area contributed by atoms with Crippen molar-refractivity contribution in [2.24, 2.45) is 11.8 Å². The Hall–Kier alpha value is -3.01. The number of benzene rings is 2. The molecule has 0 saturated carbocycles. The third-order valence-electron chi connectivity index (χ3n) is 6.36. The van der Waals surface area contributed by atoms with Crippen LogP contribution in [0.15, 0.2) is 24.3 Å². The molecular formula is C25H32O9. The first kappa shape index (κ1) is 25.6. The molecule has 1 aliphatic heterocycles. The van der Waals surface area contributed by atoms with Gasteiger partial charge in [0.1, 0.15) is 5.75 Å². The Kier molecular flexibility index (Phi) is 8.24. The molecule has 0 bridgehead atoms. The van der Waals surface area contributed by atoms with Crippen LogP contribution >= 0.6 is 0 Å². The van der Waals surface area contributed by atoms with Gasteiger partial charge in [-0.2, -0.15) is 0 Å². The zero-order valence-electron chi connectivity index (χ0n) is 19.8. The summed E-state index contributed by atoms with van der Waals surface area (Å²) >= 11 is 0. The number of phenols is 2. The van der Waals surface area contributed by atoms with Gasteiger partial charge in [0.2, 0.25) is 5.75 Å². The van der Waals surface area contributed by atoms with Gasteiger partial charge < -0.3 is 39.4 Å². The number of aliphatic hydroxyl groups excluding tert-OH is 2. The van der Waals surface area contributed by atoms with Crippen LogP contribution in [0, 0.1) is 11.8 Å². The Morgan fingerprint density at radius 1 is 0.882 bits per heavy atom. The van der Waals surface area contributed by atoms with Crippen LogP contribution in [0.1, 0.15) is 54.7 Å². The maximum atomic E-state index is 11.6. The van der Waals surface area contributed by atoms with E-state index in [1.807, 2.05) is 6.92 Å². The van der Waals surface area contributed by atoms with E-state index < -0.39 is 31.4 Å². The SMILES string of the molecule is CC[C@@H]1[C@@H](COC(C)=O)[C@H](c2cc(OC)c(O)c(OC)c2)O[C@H]1c1cc(CO)c(O)c(CO)c1. The number of aromatic hydroxyl groups is 2. The topological polar surface area (TPSA) is 135 Å². The summed E-state index contributed by atoms with van der Waals surface area (Å²) in [6.07, 6.45) is -0.331. The second kappa shape index (κ2) is 10.9. The first-order valence-corrected chi connectivity index (χ1v) is 11.1. The zero-order valence-corrected chi connectivity index (χ0v) is 19.8. The van der Waals surface area contributed by atoms with Crippen LogP contribution in [0.4, 0.5) is 0 Å². The summed E-state index contributed by atoms with van der Waals surface area (Å²) in [4.78, 5) is 11.6. The average Bonchev–Trinajstić information content (AvgIpc) is 3.21. The standard InChI is InChI=1S/C25H32O9/c1-5-18-19(12-33-13(2)28)25(15-8-20(31-3)23(30)21(9-15)32-4)34-24(18)14-6-16(10-26)22(29)17(7-14)11-27/h6-9,18-19,24-27,29-30H,5,10-12H2,1-4H3/t18-,19-,24+,25+/m1/s1. The summed E-state index contributed by atoms with van der Waals surface area (Å²) in [5, 5.41) is 40.0. The molecule has 9 heteroatoms. The zero-order chi connectivity index (χ0) is 25.0. The summed E-state index contributed by atoms with van der Waals surface area (Å²) in [7, 11) is 2.87. The van der Waals surface area contributed by atoms with E-state index in [1.165, 1.54) is 21.1 Å². The van der Waals surface area contributed by atoms with Crippen molar-refractivity contribution in [3.05, 3.63) is 46.5 Å². The lowest BCUT2D eigenvalue weighted by molar-refractivity contribution is -0.143. The largest absolute Gasteiger partial charge is 0.507 e. The van der Waals surface area contributed by atoms with Gasteiger partial charge in [0.25, 0.3) is 0 Å². The first-order chi connectivity index (χ1) is 16.3. The Morgan fingerprint density at radius 2 is 1.38 bits per heavy atom. The van der Waals surface area contributed by atoms with Crippen LogP contribution in [0.5, 0.6) is 23.0 Å². The molecule has 4 N–H and O–H groups in total. The van der Waals surface area contributed by atoms with Gasteiger partial charge >= 0.3 is 5.97 Å². The molecule has 3 rings (SSSR count). The van der Waals surface area contributed by atoms with Gasteiger partial charge in [0.05, 0.1) is 46.2 Å². The summed E-state index contributed by atoms with van der Waals surface area (Å²) < 4.78 is 22.5. The highest BCUT2D eigenvalue weighted by Gasteiger charge is 2.46. The molecule has 1 heterocycles. The Morgan fingerprint density at radius 3 is 1.82 bits per heavy atom. The molecule has 2 aromatic carbocycles. The highest BCUT2D eigenvalue weighted by molar-refractivity contribution is 5.65. The molecule has 186 valence electrons. The van der Waals surface area contributed by atoms with Crippen LogP contribution in [0.2, 0.25) is 0 Å². The molecule has 2 aromatic rings. The van der Waals surface area contributed by atoms with E-state index in [0.29, 0.717) is 17.5 Å². The maximum Gasteiger partial charge on any atom is 0.302 e. The molecule has 9 nitrogen and oxygen atoms in total. The molecule has 1 aliphatic rings. The van der Waals surface area contributed by atoms with Crippen molar-refractivity contribution >= 4 is 5.97 Å². The fourth-order valence-corrected chi connectivity index (χ4v) is 4.67. The predicted octanol–water partition coefficient (Wildman–Crippen LogP) is 3.12. The molecule has 34 heavy (non-hydrogen) atoms. The third kappa shape index (κ3) is 4.91. The minimum absolute atomic E-state index is 0.0993. The van der Waals surface area contributed by atoms with E-state index in [9.17, 15) is 25.2 Å². The highest BCUT2D eigenvalue weighted by Crippen LogP contribution is 2.53. The quantitative estimate of drug-likeness (QED) is 0.403. The second-order valence-electron chi connectivity index (χ2n) is 8.29. The fourth-order valence-electron chi connectivity index (χ4n) is 4.67. The van der Waals surface area contributed by atoms with E-state index in [2.05, 4.69) is 0 Å². The van der Waals surface area contributed by atoms with E-state index >= 15 is 0 Å². The third-order valence-corrected chi connectivity index (χ3v) is 6.36. The number of carbonyl (C=O) groups excluding carboxylic acids is 1. The second-order valence-corrected chi connectivity index (χ2v) is 8.29. The monoisotopic (exact) mass is 476 g/mol. The number of hydrogen-bond acceptors (Lipinski definition) is 9. The molecule has 1 fully saturated rings. The number of esters is 1. The highest BCUT2D eigenvalue weighted by atomic mass is 16.5. The number of ether oxygens (including phenoxy) is 4. The molecule has 0 aliphatic carbocycles. The Bertz CT molecular complexity index is 969. The van der Waals surface area contributed by atoms with Gasteiger partial charge in [0, 0.05) is 24.0 Å². The van der Waals surface area contributed by atoms with E-state index in [1.54, 1.807) is 24.3 Å². The number of hydrogen-bond donors (Lipinski definition) is 4. The Balaban J connectivity index is 2.11. The number of phenolic OH excluding ortho intramolecular Hbond substituents is 1. The number of methoxy groups -OCH3 is 2. The van der Waals surface area contributed by atoms with E-state index in [0.717, 1.165) is 0 Å². The molecule has 0 amide bonds. The van der Waals surface area contributed by atoms with Gasteiger partial charge in [-0.05, 0) is 47.7 Å². The van der Waals surface area contributed by atoms with E-state index in [-0.39, 0.29) is 52.6 Å². The van der Waals surface area contributed by atoms with Crippen molar-refractivity contribution in [1.82, 2.24) is 0 Å². The lowest BCUT2D eigenvalue weighted by Crippen LogP contribution is -2.23. The van der Waals surface area contributed by atoms with Crippen molar-refractivity contribution in [3.8, 4) is 23.0 Å². The van der Waals surface area contributed by atoms with Crippen LogP contribution < -0.4 is 9.47 Å². The van der Waals surface area contributed by atoms with Crippen molar-refractivity contribution < 1.29 is 44.2 Å². The molecule has 0 radical (unpaired) electrons. The van der Waals surface area contributed by atoms with Crippen molar-refractivity contribution in [2.45, 2.75) is 45.7 Å². The average molecular weight is 477 g/mol. The van der Waals surface area contributed by atoms with Gasteiger partial charge in [-0.15, -0.1) is 0 Å². The number of carbonyl (C=O) groups is 1. The number of aliphatic hydroxyl groups is 2. The summed E-state index contributed by atoms with van der Waals surface area (Å²) in [6.45, 7) is 2.66. The van der Waals surface area contributed by atoms with Crippen LogP contribution in [-0.4, -0.2) is 47.2 Å². The molecule has 0 spiro atoms. The summed E-state index contributed by atoms with van der Waals surface area (Å²) in [6, 6.07) is 6.64. The van der Waals surface area contributed by atoms with Crippen LogP contribution in [-0.2, 0) is 27.5 Å². The number of rotatable bonds is 9. The smallest absolute Gasteiger partial charge is 0.302 e. The predicted molar refractivity (Wildman–Crippen MR) is 122 cm³/mol. The minimum atomic E-state index is -0.540. The van der Waals surface area contributed by atoms with Gasteiger partial charge in [-0.1, -0.05) is 6.92 Å². The summed E-state index contributed by atoms with van der Waals surface area (Å²) in [5.41, 5.74) is 1.93. The fraction of sp³-hybridized carbons (Fsp3) is 0.480. The van der Waals surface area contributed by atoms with Crippen LogP contribution in [0.3, 0.4) is 0 Å².